The molecule has 0 atom stereocenters. The van der Waals surface area contributed by atoms with Crippen molar-refractivity contribution in [2.45, 2.75) is 13.2 Å². The fourth-order valence-electron chi connectivity index (χ4n) is 4.06. The maximum Gasteiger partial charge on any atom is 0.193 e. The van der Waals surface area contributed by atoms with Crippen LogP contribution in [0.2, 0.25) is 0 Å². The highest BCUT2D eigenvalue weighted by atomic mass is 16.5. The molecule has 0 amide bonds. The van der Waals surface area contributed by atoms with Crippen molar-refractivity contribution in [1.29, 1.82) is 0 Å². The van der Waals surface area contributed by atoms with Gasteiger partial charge in [0.25, 0.3) is 0 Å². The van der Waals surface area contributed by atoms with E-state index in [4.69, 9.17) is 9.47 Å². The first-order valence-electron chi connectivity index (χ1n) is 12.4. The van der Waals surface area contributed by atoms with Gasteiger partial charge in [-0.05, 0) is 65.7 Å². The number of carbonyl (C=O) groups excluding carboxylic acids is 2. The molecule has 0 bridgehead atoms. The fraction of sp³-hybridized carbons (Fsp3) is 0.0588. The highest BCUT2D eigenvalue weighted by Gasteiger charge is 2.10. The Bertz CT molecular complexity index is 1390. The number of carbonyl (C=O) groups is 2. The first kappa shape index (κ1) is 24.7. The maximum absolute atomic E-state index is 12.6. The van der Waals surface area contributed by atoms with E-state index in [1.54, 1.807) is 24.3 Å². The lowest BCUT2D eigenvalue weighted by Gasteiger charge is -2.10. The van der Waals surface area contributed by atoms with E-state index in [1.807, 2.05) is 109 Å². The summed E-state index contributed by atoms with van der Waals surface area (Å²) in [6.07, 6.45) is 0. The fourth-order valence-corrected chi connectivity index (χ4v) is 4.06. The van der Waals surface area contributed by atoms with Crippen molar-refractivity contribution in [3.8, 4) is 11.5 Å². The Hall–Kier alpha value is -4.96. The van der Waals surface area contributed by atoms with Gasteiger partial charge in [-0.2, -0.15) is 0 Å². The predicted octanol–water partition coefficient (Wildman–Crippen LogP) is 7.31. The Balaban J connectivity index is 1.14. The summed E-state index contributed by atoms with van der Waals surface area (Å²) in [5.41, 5.74) is 4.60. The van der Waals surface area contributed by atoms with Crippen molar-refractivity contribution in [3.63, 3.8) is 0 Å². The van der Waals surface area contributed by atoms with Gasteiger partial charge < -0.3 is 9.47 Å². The summed E-state index contributed by atoms with van der Waals surface area (Å²) in [5.74, 6) is 1.37. The smallest absolute Gasteiger partial charge is 0.193 e. The molecule has 0 aliphatic rings. The number of ether oxygens (including phenoxy) is 2. The zero-order chi connectivity index (χ0) is 26.2. The summed E-state index contributed by atoms with van der Waals surface area (Å²) < 4.78 is 11.9. The Morgan fingerprint density at radius 2 is 0.789 bits per heavy atom. The molecule has 5 aromatic rings. The Kier molecular flexibility index (Phi) is 7.71. The van der Waals surface area contributed by atoms with Crippen LogP contribution in [0.3, 0.4) is 0 Å². The van der Waals surface area contributed by atoms with E-state index in [1.165, 1.54) is 0 Å². The monoisotopic (exact) mass is 498 g/mol. The minimum atomic E-state index is -0.0118. The van der Waals surface area contributed by atoms with E-state index >= 15 is 0 Å². The van der Waals surface area contributed by atoms with Crippen molar-refractivity contribution >= 4 is 11.6 Å². The Morgan fingerprint density at radius 1 is 0.421 bits per heavy atom. The quantitative estimate of drug-likeness (QED) is 0.190. The third kappa shape index (κ3) is 6.23. The molecule has 0 unspecified atom stereocenters. The molecule has 38 heavy (non-hydrogen) atoms. The molecule has 4 heteroatoms. The number of ketones is 2. The predicted molar refractivity (Wildman–Crippen MR) is 148 cm³/mol. The van der Waals surface area contributed by atoms with E-state index in [-0.39, 0.29) is 11.6 Å². The minimum absolute atomic E-state index is 0.0118. The molecule has 0 spiro atoms. The van der Waals surface area contributed by atoms with E-state index in [2.05, 4.69) is 0 Å². The van der Waals surface area contributed by atoms with Crippen LogP contribution in [0, 0.1) is 0 Å². The van der Waals surface area contributed by atoms with Gasteiger partial charge in [-0.3, -0.25) is 9.59 Å². The van der Waals surface area contributed by atoms with Gasteiger partial charge in [0, 0.05) is 22.3 Å². The van der Waals surface area contributed by atoms with Crippen LogP contribution in [0.1, 0.15) is 43.0 Å². The molecule has 5 rings (SSSR count). The normalized spacial score (nSPS) is 10.5. The highest BCUT2D eigenvalue weighted by molar-refractivity contribution is 6.09. The molecule has 0 aliphatic heterocycles. The highest BCUT2D eigenvalue weighted by Crippen LogP contribution is 2.19. The number of hydrogen-bond acceptors (Lipinski definition) is 4. The minimum Gasteiger partial charge on any atom is -0.489 e. The van der Waals surface area contributed by atoms with Gasteiger partial charge in [0.1, 0.15) is 24.7 Å². The summed E-state index contributed by atoms with van der Waals surface area (Å²) in [7, 11) is 0. The van der Waals surface area contributed by atoms with Crippen LogP contribution in [0.5, 0.6) is 11.5 Å². The van der Waals surface area contributed by atoms with Crippen LogP contribution >= 0.6 is 0 Å². The number of rotatable bonds is 10. The Labute approximate surface area is 222 Å². The molecule has 186 valence electrons. The van der Waals surface area contributed by atoms with Crippen molar-refractivity contribution < 1.29 is 19.1 Å². The zero-order valence-corrected chi connectivity index (χ0v) is 20.7. The second-order valence-electron chi connectivity index (χ2n) is 8.84. The van der Waals surface area contributed by atoms with Crippen LogP contribution in [0.4, 0.5) is 0 Å². The topological polar surface area (TPSA) is 52.6 Å². The van der Waals surface area contributed by atoms with Gasteiger partial charge in [-0.15, -0.1) is 0 Å². The summed E-state index contributed by atoms with van der Waals surface area (Å²) in [6.45, 7) is 0.798. The molecular formula is C34H26O4. The van der Waals surface area contributed by atoms with Crippen molar-refractivity contribution in [2.24, 2.45) is 0 Å². The van der Waals surface area contributed by atoms with Gasteiger partial charge in [0.2, 0.25) is 0 Å². The Morgan fingerprint density at radius 3 is 1.18 bits per heavy atom. The first-order valence-corrected chi connectivity index (χ1v) is 12.4. The molecule has 0 radical (unpaired) electrons. The summed E-state index contributed by atoms with van der Waals surface area (Å²) in [5, 5.41) is 0. The van der Waals surface area contributed by atoms with Crippen molar-refractivity contribution in [3.05, 3.63) is 167 Å². The average Bonchev–Trinajstić information content (AvgIpc) is 3.00. The largest absolute Gasteiger partial charge is 0.489 e. The van der Waals surface area contributed by atoms with Gasteiger partial charge in [-0.1, -0.05) is 78.9 Å². The maximum atomic E-state index is 12.6. The lowest BCUT2D eigenvalue weighted by molar-refractivity contribution is 0.103. The molecule has 0 saturated carbocycles. The first-order chi connectivity index (χ1) is 18.7. The van der Waals surface area contributed by atoms with Gasteiger partial charge >= 0.3 is 0 Å². The van der Waals surface area contributed by atoms with Crippen LogP contribution in [-0.4, -0.2) is 11.6 Å². The molecular weight excluding hydrogens is 472 g/mol. The van der Waals surface area contributed by atoms with Crippen molar-refractivity contribution in [2.75, 3.05) is 0 Å². The molecule has 5 aromatic carbocycles. The standard InChI is InChI=1S/C34H26O4/c35-33(27-10-3-1-4-11-27)29-14-18-31(19-15-29)37-23-25-8-7-9-26(22-25)24-38-32-20-16-30(17-21-32)34(36)28-12-5-2-6-13-28/h1-22H,23-24H2. The zero-order valence-electron chi connectivity index (χ0n) is 20.7. The molecule has 0 N–H and O–H groups in total. The molecule has 0 heterocycles. The summed E-state index contributed by atoms with van der Waals surface area (Å²) in [4.78, 5) is 25.2. The van der Waals surface area contributed by atoms with Crippen LogP contribution < -0.4 is 9.47 Å². The SMILES string of the molecule is O=C(c1ccccc1)c1ccc(OCc2cccc(COc3ccc(C(=O)c4ccccc4)cc3)c2)cc1. The van der Waals surface area contributed by atoms with Crippen LogP contribution in [0.25, 0.3) is 0 Å². The van der Waals surface area contributed by atoms with Gasteiger partial charge in [-0.25, -0.2) is 0 Å². The molecule has 4 nitrogen and oxygen atoms in total. The van der Waals surface area contributed by atoms with E-state index in [0.717, 1.165) is 11.1 Å². The summed E-state index contributed by atoms with van der Waals surface area (Å²) >= 11 is 0. The molecule has 0 saturated heterocycles. The average molecular weight is 499 g/mol. The van der Waals surface area contributed by atoms with Gasteiger partial charge in [0.05, 0.1) is 0 Å². The van der Waals surface area contributed by atoms with Crippen LogP contribution in [0.15, 0.2) is 133 Å². The second kappa shape index (κ2) is 11.8. The lowest BCUT2D eigenvalue weighted by atomic mass is 10.0. The third-order valence-electron chi connectivity index (χ3n) is 6.11. The second-order valence-corrected chi connectivity index (χ2v) is 8.84. The van der Waals surface area contributed by atoms with E-state index in [0.29, 0.717) is 47.0 Å². The van der Waals surface area contributed by atoms with E-state index < -0.39 is 0 Å². The summed E-state index contributed by atoms with van der Waals surface area (Å²) in [6, 6.07) is 40.9. The van der Waals surface area contributed by atoms with Crippen molar-refractivity contribution in [1.82, 2.24) is 0 Å². The van der Waals surface area contributed by atoms with Crippen LogP contribution in [-0.2, 0) is 13.2 Å². The number of hydrogen-bond donors (Lipinski definition) is 0. The molecule has 0 aromatic heterocycles. The van der Waals surface area contributed by atoms with E-state index in [9.17, 15) is 9.59 Å². The number of benzene rings is 5. The lowest BCUT2D eigenvalue weighted by Crippen LogP contribution is -2.02. The van der Waals surface area contributed by atoms with Gasteiger partial charge in [0.15, 0.2) is 11.6 Å². The molecule has 0 fully saturated rings. The molecule has 0 aliphatic carbocycles. The third-order valence-corrected chi connectivity index (χ3v) is 6.11.